The van der Waals surface area contributed by atoms with Crippen LogP contribution in [0.15, 0.2) is 47.6 Å². The van der Waals surface area contributed by atoms with E-state index in [0.29, 0.717) is 17.8 Å². The van der Waals surface area contributed by atoms with Crippen LogP contribution < -0.4 is 0 Å². The van der Waals surface area contributed by atoms with E-state index in [1.165, 1.54) is 44.1 Å². The van der Waals surface area contributed by atoms with Crippen LogP contribution in [0.1, 0.15) is 91.9 Å². The molecule has 0 amide bonds. The lowest BCUT2D eigenvalue weighted by atomic mass is 9.60. The monoisotopic (exact) mass is 412 g/mol. The Morgan fingerprint density at radius 1 is 1.23 bits per heavy atom. The van der Waals surface area contributed by atoms with Crippen LogP contribution in [0.5, 0.6) is 0 Å². The smallest absolute Gasteiger partial charge is 0.0791 e. The predicted molar refractivity (Wildman–Crippen MR) is 127 cm³/mol. The summed E-state index contributed by atoms with van der Waals surface area (Å²) in [5.74, 6) is 2.20. The van der Waals surface area contributed by atoms with E-state index in [0.717, 1.165) is 42.2 Å². The fraction of sp³-hybridized carbons (Fsp3) is 0.714. The zero-order chi connectivity index (χ0) is 22.1. The first-order valence-corrected chi connectivity index (χ1v) is 12.2. The Hall–Kier alpha value is -1.12. The van der Waals surface area contributed by atoms with E-state index in [1.807, 2.05) is 13.8 Å². The van der Waals surface area contributed by atoms with Crippen molar-refractivity contribution in [2.45, 2.75) is 104 Å². The summed E-state index contributed by atoms with van der Waals surface area (Å²) in [7, 11) is 0. The summed E-state index contributed by atoms with van der Waals surface area (Å²) in [6, 6.07) is 0. The lowest BCUT2D eigenvalue weighted by Crippen LogP contribution is -2.36. The third-order valence-corrected chi connectivity index (χ3v) is 8.45. The quantitative estimate of drug-likeness (QED) is 0.466. The van der Waals surface area contributed by atoms with Gasteiger partial charge in [0, 0.05) is 6.42 Å². The van der Waals surface area contributed by atoms with Gasteiger partial charge in [-0.3, -0.25) is 0 Å². The van der Waals surface area contributed by atoms with Crippen LogP contribution in [0.4, 0.5) is 0 Å². The van der Waals surface area contributed by atoms with E-state index < -0.39 is 11.7 Å². The first-order valence-electron chi connectivity index (χ1n) is 12.2. The molecule has 0 aromatic heterocycles. The molecule has 0 bridgehead atoms. The Morgan fingerprint density at radius 3 is 2.67 bits per heavy atom. The van der Waals surface area contributed by atoms with Gasteiger partial charge < -0.3 is 10.2 Å². The number of hydrogen-bond donors (Lipinski definition) is 2. The van der Waals surface area contributed by atoms with Gasteiger partial charge in [-0.15, -0.1) is 0 Å². The van der Waals surface area contributed by atoms with Crippen molar-refractivity contribution >= 4 is 0 Å². The van der Waals surface area contributed by atoms with E-state index in [9.17, 15) is 10.2 Å². The molecule has 3 fully saturated rings. The highest BCUT2D eigenvalue weighted by Crippen LogP contribution is 2.60. The van der Waals surface area contributed by atoms with Gasteiger partial charge in [0.1, 0.15) is 0 Å². The molecule has 2 heteroatoms. The van der Waals surface area contributed by atoms with Crippen LogP contribution in [-0.2, 0) is 0 Å². The topological polar surface area (TPSA) is 40.5 Å². The molecule has 3 aliphatic carbocycles. The summed E-state index contributed by atoms with van der Waals surface area (Å²) >= 11 is 0. The molecule has 30 heavy (non-hydrogen) atoms. The first-order chi connectivity index (χ1) is 14.0. The van der Waals surface area contributed by atoms with Gasteiger partial charge in [-0.05, 0) is 98.7 Å². The molecule has 0 spiro atoms. The Kier molecular flexibility index (Phi) is 7.19. The van der Waals surface area contributed by atoms with Crippen molar-refractivity contribution in [3.63, 3.8) is 0 Å². The van der Waals surface area contributed by atoms with E-state index in [4.69, 9.17) is 0 Å². The van der Waals surface area contributed by atoms with Crippen LogP contribution in [0, 0.1) is 23.2 Å². The summed E-state index contributed by atoms with van der Waals surface area (Å²) in [5.41, 5.74) is 4.70. The van der Waals surface area contributed by atoms with Crippen molar-refractivity contribution in [3.05, 3.63) is 47.6 Å². The highest BCUT2D eigenvalue weighted by atomic mass is 16.3. The van der Waals surface area contributed by atoms with Crippen molar-refractivity contribution in [1.82, 2.24) is 0 Å². The summed E-state index contributed by atoms with van der Waals surface area (Å²) < 4.78 is 0. The molecule has 0 heterocycles. The second-order valence-corrected chi connectivity index (χ2v) is 11.4. The molecule has 0 saturated heterocycles. The number of hydrogen-bond acceptors (Lipinski definition) is 2. The fourth-order valence-corrected chi connectivity index (χ4v) is 6.67. The minimum absolute atomic E-state index is 0.411. The third kappa shape index (κ3) is 5.19. The minimum Gasteiger partial charge on any atom is -0.390 e. The molecule has 0 aliphatic heterocycles. The Labute approximate surface area is 184 Å². The normalized spacial score (nSPS) is 36.4. The van der Waals surface area contributed by atoms with Crippen molar-refractivity contribution in [1.29, 1.82) is 0 Å². The van der Waals surface area contributed by atoms with Gasteiger partial charge in [0.25, 0.3) is 0 Å². The number of aliphatic hydroxyl groups excluding tert-OH is 1. The highest BCUT2D eigenvalue weighted by molar-refractivity contribution is 5.41. The second kappa shape index (κ2) is 9.17. The van der Waals surface area contributed by atoms with Gasteiger partial charge >= 0.3 is 0 Å². The van der Waals surface area contributed by atoms with Gasteiger partial charge in [-0.1, -0.05) is 57.6 Å². The minimum atomic E-state index is -0.543. The van der Waals surface area contributed by atoms with Crippen LogP contribution in [0.25, 0.3) is 0 Å². The van der Waals surface area contributed by atoms with Crippen LogP contribution in [0.2, 0.25) is 0 Å². The van der Waals surface area contributed by atoms with Crippen molar-refractivity contribution < 1.29 is 10.2 Å². The molecular weight excluding hydrogens is 368 g/mol. The molecule has 3 rings (SSSR count). The largest absolute Gasteiger partial charge is 0.390 e. The molecule has 168 valence electrons. The van der Waals surface area contributed by atoms with Crippen molar-refractivity contribution in [3.8, 4) is 0 Å². The standard InChI is InChI=1S/C28H44O2/c1-19(9-7-15-27(4,5)30)24-13-14-25-22(10-8-16-28(24,25)6)11-12-23-18-26(29)21(3)17-20(23)2/h11-12,19,24-26,29-30H,2-3,7-10,13-18H2,1,4-6H3/b22-11+,23-12-/t19-,24-,25?,26-,28-/m1/s1. The molecule has 1 unspecified atom stereocenters. The molecule has 3 aliphatic rings. The van der Waals surface area contributed by atoms with E-state index in [2.05, 4.69) is 39.2 Å². The second-order valence-electron chi connectivity index (χ2n) is 11.4. The maximum atomic E-state index is 10.2. The predicted octanol–water partition coefficient (Wildman–Crippen LogP) is 6.90. The van der Waals surface area contributed by atoms with Crippen LogP contribution >= 0.6 is 0 Å². The van der Waals surface area contributed by atoms with E-state index in [1.54, 1.807) is 5.57 Å². The Morgan fingerprint density at radius 2 is 1.97 bits per heavy atom. The summed E-state index contributed by atoms with van der Waals surface area (Å²) in [5, 5.41) is 20.2. The van der Waals surface area contributed by atoms with E-state index in [-0.39, 0.29) is 0 Å². The van der Waals surface area contributed by atoms with Crippen molar-refractivity contribution in [2.75, 3.05) is 0 Å². The maximum absolute atomic E-state index is 10.2. The summed E-state index contributed by atoms with van der Waals surface area (Å²) in [4.78, 5) is 0. The van der Waals surface area contributed by atoms with Gasteiger partial charge in [-0.2, -0.15) is 0 Å². The van der Waals surface area contributed by atoms with Gasteiger partial charge in [-0.25, -0.2) is 0 Å². The molecule has 5 atom stereocenters. The SMILES string of the molecule is C=C1CC(=C)[C@H](O)C/C1=C/C=C1\CCC[C@@]2(C)C1CC[C@@H]2[C@H](C)CCCC(C)(C)O. The fourth-order valence-electron chi connectivity index (χ4n) is 6.67. The van der Waals surface area contributed by atoms with Gasteiger partial charge in [0.2, 0.25) is 0 Å². The van der Waals surface area contributed by atoms with Gasteiger partial charge in [0.15, 0.2) is 0 Å². The number of aliphatic hydroxyl groups is 2. The molecule has 2 nitrogen and oxygen atoms in total. The molecular formula is C28H44O2. The number of allylic oxidation sites excluding steroid dienone is 4. The molecule has 0 aromatic carbocycles. The summed E-state index contributed by atoms with van der Waals surface area (Å²) in [6.45, 7) is 17.0. The Bertz CT molecular complexity index is 719. The highest BCUT2D eigenvalue weighted by Gasteiger charge is 2.50. The maximum Gasteiger partial charge on any atom is 0.0791 e. The zero-order valence-corrected chi connectivity index (χ0v) is 19.8. The molecule has 3 saturated carbocycles. The van der Waals surface area contributed by atoms with Crippen LogP contribution in [-0.4, -0.2) is 21.9 Å². The molecule has 0 aromatic rings. The molecule has 2 N–H and O–H groups in total. The van der Waals surface area contributed by atoms with Crippen LogP contribution in [0.3, 0.4) is 0 Å². The number of rotatable bonds is 6. The lowest BCUT2D eigenvalue weighted by molar-refractivity contribution is 0.0596. The first kappa shape index (κ1) is 23.5. The number of fused-ring (bicyclic) bond motifs is 1. The Balaban J connectivity index is 1.69. The average Bonchev–Trinajstić information content (AvgIpc) is 3.00. The summed E-state index contributed by atoms with van der Waals surface area (Å²) in [6.07, 6.45) is 15.3. The average molecular weight is 413 g/mol. The van der Waals surface area contributed by atoms with E-state index >= 15 is 0 Å². The van der Waals surface area contributed by atoms with Crippen molar-refractivity contribution in [2.24, 2.45) is 23.2 Å². The third-order valence-electron chi connectivity index (χ3n) is 8.45. The lowest BCUT2D eigenvalue weighted by Gasteiger charge is -2.44. The van der Waals surface area contributed by atoms with Gasteiger partial charge in [0.05, 0.1) is 11.7 Å². The molecule has 0 radical (unpaired) electrons. The zero-order valence-electron chi connectivity index (χ0n) is 19.8.